The molecule has 0 radical (unpaired) electrons. The van der Waals surface area contributed by atoms with Crippen molar-refractivity contribution >= 4 is 17.1 Å². The van der Waals surface area contributed by atoms with Gasteiger partial charge in [0.2, 0.25) is 0 Å². The summed E-state index contributed by atoms with van der Waals surface area (Å²) in [6.45, 7) is 1.55. The Morgan fingerprint density at radius 3 is 2.38 bits per heavy atom. The lowest BCUT2D eigenvalue weighted by Crippen LogP contribution is -2.02. The van der Waals surface area contributed by atoms with Crippen LogP contribution in [-0.4, -0.2) is 11.6 Å². The molecule has 1 aliphatic carbocycles. The Bertz CT molecular complexity index is 452. The normalized spacial score (nSPS) is 15.8. The number of hydrogen-bond acceptors (Lipinski definition) is 2. The van der Waals surface area contributed by atoms with Crippen LogP contribution in [0.5, 0.6) is 0 Å². The molecule has 1 aromatic rings. The third-order valence-electron chi connectivity index (χ3n) is 2.87. The fourth-order valence-corrected chi connectivity index (χ4v) is 1.94. The Kier molecular flexibility index (Phi) is 3.00. The van der Waals surface area contributed by atoms with E-state index in [2.05, 4.69) is 0 Å². The van der Waals surface area contributed by atoms with Gasteiger partial charge in [0.15, 0.2) is 11.6 Å². The van der Waals surface area contributed by atoms with Crippen molar-refractivity contribution < 1.29 is 9.59 Å². The summed E-state index contributed by atoms with van der Waals surface area (Å²) < 4.78 is 0. The van der Waals surface area contributed by atoms with Crippen molar-refractivity contribution in [3.8, 4) is 0 Å². The predicted molar refractivity (Wildman–Crippen MR) is 63.3 cm³/mol. The molecule has 0 atom stereocenters. The van der Waals surface area contributed by atoms with E-state index in [9.17, 15) is 9.59 Å². The van der Waals surface area contributed by atoms with Crippen molar-refractivity contribution in [2.24, 2.45) is 0 Å². The zero-order valence-corrected chi connectivity index (χ0v) is 9.32. The Labute approximate surface area is 95.0 Å². The maximum atomic E-state index is 11.3. The predicted octanol–water partition coefficient (Wildman–Crippen LogP) is 3.03. The second-order valence-corrected chi connectivity index (χ2v) is 4.12. The van der Waals surface area contributed by atoms with Crippen LogP contribution >= 0.6 is 0 Å². The van der Waals surface area contributed by atoms with Crippen LogP contribution < -0.4 is 0 Å². The van der Waals surface area contributed by atoms with Gasteiger partial charge in [0.1, 0.15) is 0 Å². The summed E-state index contributed by atoms with van der Waals surface area (Å²) in [5.74, 6) is 0.275. The number of hydrogen-bond donors (Lipinski definition) is 0. The number of carbonyl (C=O) groups excluding carboxylic acids is 2. The van der Waals surface area contributed by atoms with Gasteiger partial charge in [0, 0.05) is 12.0 Å². The van der Waals surface area contributed by atoms with Gasteiger partial charge in [-0.15, -0.1) is 0 Å². The molecule has 16 heavy (non-hydrogen) atoms. The van der Waals surface area contributed by atoms with Crippen molar-refractivity contribution in [3.63, 3.8) is 0 Å². The van der Waals surface area contributed by atoms with Crippen LogP contribution in [0, 0.1) is 0 Å². The first-order valence-corrected chi connectivity index (χ1v) is 5.51. The lowest BCUT2D eigenvalue weighted by atomic mass is 9.92. The number of carbonyl (C=O) groups is 2. The van der Waals surface area contributed by atoms with E-state index in [-0.39, 0.29) is 11.6 Å². The van der Waals surface area contributed by atoms with E-state index in [0.717, 1.165) is 24.0 Å². The smallest absolute Gasteiger partial charge is 0.159 e. The van der Waals surface area contributed by atoms with Gasteiger partial charge < -0.3 is 0 Å². The van der Waals surface area contributed by atoms with Crippen LogP contribution in [0.1, 0.15) is 42.1 Å². The topological polar surface area (TPSA) is 34.1 Å². The molecule has 1 aromatic carbocycles. The van der Waals surface area contributed by atoms with E-state index < -0.39 is 0 Å². The molecule has 0 saturated heterocycles. The van der Waals surface area contributed by atoms with Gasteiger partial charge >= 0.3 is 0 Å². The molecule has 2 nitrogen and oxygen atoms in total. The summed E-state index contributed by atoms with van der Waals surface area (Å²) in [5, 5.41) is 0. The molecule has 82 valence electrons. The van der Waals surface area contributed by atoms with E-state index in [4.69, 9.17) is 0 Å². The zero-order chi connectivity index (χ0) is 11.5. The Morgan fingerprint density at radius 2 is 1.81 bits per heavy atom. The molecule has 0 heterocycles. The fraction of sp³-hybridized carbons (Fsp3) is 0.286. The number of ketones is 2. The van der Waals surface area contributed by atoms with E-state index in [1.165, 1.54) is 0 Å². The first-order chi connectivity index (χ1) is 7.66. The molecule has 0 unspecified atom stereocenters. The Morgan fingerprint density at radius 1 is 1.12 bits per heavy atom. The van der Waals surface area contributed by atoms with E-state index in [1.54, 1.807) is 13.0 Å². The number of rotatable bonds is 2. The van der Waals surface area contributed by atoms with Crippen LogP contribution in [0.25, 0.3) is 5.57 Å². The largest absolute Gasteiger partial charge is 0.295 e. The molecule has 0 saturated carbocycles. The highest BCUT2D eigenvalue weighted by Crippen LogP contribution is 2.25. The number of Topliss-reactive ketones (excluding diaryl/α,β-unsaturated/α-hetero) is 1. The molecule has 1 aliphatic rings. The standard InChI is InChI=1S/C14H14O2/c1-10(15)11-5-7-12(8-6-11)13-3-2-4-14(16)9-13/h5-9H,2-4H2,1H3. The molecular formula is C14H14O2. The number of allylic oxidation sites excluding steroid dienone is 2. The summed E-state index contributed by atoms with van der Waals surface area (Å²) >= 11 is 0. The maximum Gasteiger partial charge on any atom is 0.159 e. The Hall–Kier alpha value is -1.70. The molecule has 0 amide bonds. The number of benzene rings is 1. The first-order valence-electron chi connectivity index (χ1n) is 5.51. The van der Waals surface area contributed by atoms with Crippen molar-refractivity contribution in [3.05, 3.63) is 41.5 Å². The van der Waals surface area contributed by atoms with Gasteiger partial charge in [-0.1, -0.05) is 24.3 Å². The van der Waals surface area contributed by atoms with Crippen molar-refractivity contribution in [1.29, 1.82) is 0 Å². The van der Waals surface area contributed by atoms with Gasteiger partial charge in [-0.3, -0.25) is 9.59 Å². The van der Waals surface area contributed by atoms with E-state index in [1.807, 2.05) is 24.3 Å². The molecule has 0 spiro atoms. The van der Waals surface area contributed by atoms with Gasteiger partial charge in [0.25, 0.3) is 0 Å². The molecule has 2 rings (SSSR count). The first kappa shape index (κ1) is 10.8. The van der Waals surface area contributed by atoms with Crippen molar-refractivity contribution in [2.45, 2.75) is 26.2 Å². The molecule has 0 bridgehead atoms. The maximum absolute atomic E-state index is 11.3. The highest BCUT2D eigenvalue weighted by Gasteiger charge is 2.11. The van der Waals surface area contributed by atoms with E-state index >= 15 is 0 Å². The van der Waals surface area contributed by atoms with Gasteiger partial charge in [-0.25, -0.2) is 0 Å². The monoisotopic (exact) mass is 214 g/mol. The van der Waals surface area contributed by atoms with Gasteiger partial charge in [-0.05, 0) is 37.0 Å². The van der Waals surface area contributed by atoms with Crippen LogP contribution in [0.2, 0.25) is 0 Å². The fourth-order valence-electron chi connectivity index (χ4n) is 1.94. The second kappa shape index (κ2) is 4.44. The van der Waals surface area contributed by atoms with Gasteiger partial charge in [-0.2, -0.15) is 0 Å². The van der Waals surface area contributed by atoms with E-state index in [0.29, 0.717) is 12.0 Å². The molecular weight excluding hydrogens is 200 g/mol. The molecule has 0 aliphatic heterocycles. The Balaban J connectivity index is 2.28. The summed E-state index contributed by atoms with van der Waals surface area (Å²) in [6, 6.07) is 7.47. The van der Waals surface area contributed by atoms with Gasteiger partial charge in [0.05, 0.1) is 0 Å². The average Bonchev–Trinajstić information content (AvgIpc) is 2.29. The summed E-state index contributed by atoms with van der Waals surface area (Å²) in [5.41, 5.74) is 2.86. The minimum Gasteiger partial charge on any atom is -0.295 e. The minimum absolute atomic E-state index is 0.0697. The zero-order valence-electron chi connectivity index (χ0n) is 9.32. The van der Waals surface area contributed by atoms with Crippen LogP contribution in [0.4, 0.5) is 0 Å². The van der Waals surface area contributed by atoms with Crippen LogP contribution in [0.3, 0.4) is 0 Å². The summed E-state index contributed by atoms with van der Waals surface area (Å²) in [4.78, 5) is 22.4. The third-order valence-corrected chi connectivity index (χ3v) is 2.87. The molecule has 0 fully saturated rings. The summed E-state index contributed by atoms with van der Waals surface area (Å²) in [7, 11) is 0. The van der Waals surface area contributed by atoms with Crippen molar-refractivity contribution in [2.75, 3.05) is 0 Å². The van der Waals surface area contributed by atoms with Crippen molar-refractivity contribution in [1.82, 2.24) is 0 Å². The van der Waals surface area contributed by atoms with Crippen LogP contribution in [0.15, 0.2) is 30.3 Å². The quantitative estimate of drug-likeness (QED) is 0.709. The molecule has 0 N–H and O–H groups in total. The minimum atomic E-state index is 0.0697. The molecule has 0 aromatic heterocycles. The lowest BCUT2D eigenvalue weighted by Gasteiger charge is -2.12. The summed E-state index contributed by atoms with van der Waals surface area (Å²) in [6.07, 6.45) is 4.27. The molecule has 2 heteroatoms. The average molecular weight is 214 g/mol. The lowest BCUT2D eigenvalue weighted by molar-refractivity contribution is -0.114. The highest BCUT2D eigenvalue weighted by molar-refractivity contribution is 5.99. The third kappa shape index (κ3) is 2.27. The SMILES string of the molecule is CC(=O)c1ccc(C2=CC(=O)CCC2)cc1. The highest BCUT2D eigenvalue weighted by atomic mass is 16.1. The second-order valence-electron chi connectivity index (χ2n) is 4.12. The van der Waals surface area contributed by atoms with Crippen LogP contribution in [-0.2, 0) is 4.79 Å².